The molecule has 3 rings (SSSR count). The maximum absolute atomic E-state index is 9.62. The fourth-order valence-corrected chi connectivity index (χ4v) is 2.47. The molecule has 0 aliphatic carbocycles. The van der Waals surface area contributed by atoms with E-state index in [1.165, 1.54) is 6.07 Å². The van der Waals surface area contributed by atoms with Gasteiger partial charge in [0.2, 0.25) is 0 Å². The number of nitrogen functional groups attached to an aromatic ring is 1. The van der Waals surface area contributed by atoms with Crippen LogP contribution in [0.25, 0.3) is 10.4 Å². The van der Waals surface area contributed by atoms with Gasteiger partial charge in [-0.1, -0.05) is 12.1 Å². The average Bonchev–Trinajstić information content (AvgIpc) is 2.97. The molecular weight excluding hydrogens is 272 g/mol. The van der Waals surface area contributed by atoms with Gasteiger partial charge in [-0.2, -0.15) is 0 Å². The van der Waals surface area contributed by atoms with Crippen LogP contribution in [-0.2, 0) is 0 Å². The van der Waals surface area contributed by atoms with E-state index >= 15 is 0 Å². The van der Waals surface area contributed by atoms with Crippen LogP contribution in [0.1, 0.15) is 0 Å². The molecule has 0 saturated heterocycles. The van der Waals surface area contributed by atoms with Crippen LogP contribution >= 0.6 is 11.3 Å². The van der Waals surface area contributed by atoms with E-state index in [1.54, 1.807) is 35.2 Å². The van der Waals surface area contributed by atoms with Crippen LogP contribution in [0.5, 0.6) is 17.2 Å². The van der Waals surface area contributed by atoms with Gasteiger partial charge in [-0.3, -0.25) is 4.98 Å². The number of hydrogen-bond donors (Lipinski definition) is 2. The van der Waals surface area contributed by atoms with Crippen molar-refractivity contribution in [3.8, 4) is 27.7 Å². The van der Waals surface area contributed by atoms with Crippen molar-refractivity contribution in [2.45, 2.75) is 0 Å². The minimum atomic E-state index is 0.0118. The number of aromatic nitrogens is 1. The summed E-state index contributed by atoms with van der Waals surface area (Å²) in [6, 6.07) is 12.5. The Labute approximate surface area is 120 Å². The lowest BCUT2D eigenvalue weighted by Crippen LogP contribution is -1.89. The number of thiazole rings is 1. The Bertz CT molecular complexity index is 726. The minimum Gasteiger partial charge on any atom is -0.506 e. The number of aromatic hydroxyl groups is 1. The Balaban J connectivity index is 1.97. The largest absolute Gasteiger partial charge is 0.506 e. The number of hydrogen-bond acceptors (Lipinski definition) is 5. The lowest BCUT2D eigenvalue weighted by atomic mass is 10.2. The first-order chi connectivity index (χ1) is 9.74. The number of anilines is 1. The maximum atomic E-state index is 9.62. The van der Waals surface area contributed by atoms with E-state index < -0.39 is 0 Å². The van der Waals surface area contributed by atoms with Gasteiger partial charge in [0.25, 0.3) is 0 Å². The molecule has 100 valence electrons. The van der Waals surface area contributed by atoms with E-state index in [0.717, 1.165) is 10.4 Å². The fraction of sp³-hybridized carbons (Fsp3) is 0. The normalized spacial score (nSPS) is 10.4. The van der Waals surface area contributed by atoms with Gasteiger partial charge in [0, 0.05) is 17.8 Å². The first-order valence-electron chi connectivity index (χ1n) is 5.98. The van der Waals surface area contributed by atoms with Crippen LogP contribution in [0.3, 0.4) is 0 Å². The Hall–Kier alpha value is -2.53. The third-order valence-electron chi connectivity index (χ3n) is 2.81. The highest BCUT2D eigenvalue weighted by Crippen LogP contribution is 2.36. The van der Waals surface area contributed by atoms with Crippen molar-refractivity contribution in [3.05, 3.63) is 54.2 Å². The Kier molecular flexibility index (Phi) is 3.26. The number of nitrogens with two attached hydrogens (primary N) is 1. The third-order valence-corrected chi connectivity index (χ3v) is 3.62. The van der Waals surface area contributed by atoms with Gasteiger partial charge in [-0.25, -0.2) is 0 Å². The van der Waals surface area contributed by atoms with Crippen LogP contribution in [0.4, 0.5) is 5.69 Å². The topological polar surface area (TPSA) is 68.4 Å². The molecule has 4 nitrogen and oxygen atoms in total. The number of ether oxygens (including phenoxy) is 1. The molecule has 1 aromatic heterocycles. The second kappa shape index (κ2) is 5.22. The van der Waals surface area contributed by atoms with Crippen LogP contribution in [0.15, 0.2) is 54.2 Å². The predicted octanol–water partition coefficient (Wildman–Crippen LogP) is 3.89. The summed E-state index contributed by atoms with van der Waals surface area (Å²) in [4.78, 5) is 5.11. The van der Waals surface area contributed by atoms with Gasteiger partial charge in [-0.05, 0) is 24.3 Å². The molecule has 2 aromatic carbocycles. The zero-order valence-corrected chi connectivity index (χ0v) is 11.3. The van der Waals surface area contributed by atoms with Crippen LogP contribution in [-0.4, -0.2) is 10.1 Å². The second-order valence-electron chi connectivity index (χ2n) is 4.18. The van der Waals surface area contributed by atoms with Crippen LogP contribution in [0, 0.1) is 0 Å². The molecule has 0 amide bonds. The number of rotatable bonds is 3. The summed E-state index contributed by atoms with van der Waals surface area (Å²) < 4.78 is 5.83. The highest BCUT2D eigenvalue weighted by molar-refractivity contribution is 7.13. The number of para-hydroxylation sites is 1. The number of phenols is 1. The van der Waals surface area contributed by atoms with E-state index in [1.807, 2.05) is 24.3 Å². The SMILES string of the molecule is Nc1ccc(Oc2ccccc2-c2cncs2)cc1O. The van der Waals surface area contributed by atoms with Gasteiger partial charge < -0.3 is 15.6 Å². The second-order valence-corrected chi connectivity index (χ2v) is 5.07. The monoisotopic (exact) mass is 284 g/mol. The summed E-state index contributed by atoms with van der Waals surface area (Å²) in [5.41, 5.74) is 8.65. The molecule has 0 fully saturated rings. The summed E-state index contributed by atoms with van der Waals surface area (Å²) in [7, 11) is 0. The standard InChI is InChI=1S/C15H12N2O2S/c16-12-6-5-10(7-13(12)18)19-14-4-2-1-3-11(14)15-8-17-9-20-15/h1-9,18H,16H2. The van der Waals surface area contributed by atoms with Gasteiger partial charge in [0.15, 0.2) is 0 Å². The summed E-state index contributed by atoms with van der Waals surface area (Å²) in [6.45, 7) is 0. The first kappa shape index (κ1) is 12.5. The number of benzene rings is 2. The molecule has 0 aliphatic heterocycles. The van der Waals surface area contributed by atoms with Crippen molar-refractivity contribution in [1.82, 2.24) is 4.98 Å². The van der Waals surface area contributed by atoms with E-state index in [9.17, 15) is 5.11 Å². The molecule has 1 heterocycles. The minimum absolute atomic E-state index is 0.0118. The van der Waals surface area contributed by atoms with Crippen molar-refractivity contribution in [3.63, 3.8) is 0 Å². The average molecular weight is 284 g/mol. The zero-order valence-electron chi connectivity index (χ0n) is 10.5. The van der Waals surface area contributed by atoms with E-state index in [4.69, 9.17) is 10.5 Å². The molecule has 0 spiro atoms. The molecule has 0 radical (unpaired) electrons. The van der Waals surface area contributed by atoms with Gasteiger partial charge in [0.1, 0.15) is 17.2 Å². The van der Waals surface area contributed by atoms with Gasteiger partial charge in [-0.15, -0.1) is 11.3 Å². The molecule has 0 saturated carbocycles. The van der Waals surface area contributed by atoms with E-state index in [-0.39, 0.29) is 5.75 Å². The molecule has 20 heavy (non-hydrogen) atoms. The van der Waals surface area contributed by atoms with Crippen molar-refractivity contribution >= 4 is 17.0 Å². The first-order valence-corrected chi connectivity index (χ1v) is 6.86. The lowest BCUT2D eigenvalue weighted by molar-refractivity contribution is 0.458. The van der Waals surface area contributed by atoms with Crippen molar-refractivity contribution in [2.75, 3.05) is 5.73 Å². The summed E-state index contributed by atoms with van der Waals surface area (Å²) >= 11 is 1.55. The highest BCUT2D eigenvalue weighted by Gasteiger charge is 2.09. The molecule has 0 aliphatic rings. The molecule has 0 bridgehead atoms. The highest BCUT2D eigenvalue weighted by atomic mass is 32.1. The zero-order chi connectivity index (χ0) is 13.9. The lowest BCUT2D eigenvalue weighted by Gasteiger charge is -2.10. The summed E-state index contributed by atoms with van der Waals surface area (Å²) in [6.07, 6.45) is 1.80. The molecule has 0 atom stereocenters. The van der Waals surface area contributed by atoms with Crippen LogP contribution in [0.2, 0.25) is 0 Å². The van der Waals surface area contributed by atoms with Gasteiger partial charge >= 0.3 is 0 Å². The molecule has 3 N–H and O–H groups in total. The summed E-state index contributed by atoms with van der Waals surface area (Å²) in [5.74, 6) is 1.26. The predicted molar refractivity (Wildman–Crippen MR) is 80.1 cm³/mol. The summed E-state index contributed by atoms with van der Waals surface area (Å²) in [5, 5.41) is 9.62. The Morgan fingerprint density at radius 3 is 2.75 bits per heavy atom. The molecule has 3 aromatic rings. The van der Waals surface area contributed by atoms with Crippen LogP contribution < -0.4 is 10.5 Å². The van der Waals surface area contributed by atoms with E-state index in [2.05, 4.69) is 4.98 Å². The quantitative estimate of drug-likeness (QED) is 0.565. The van der Waals surface area contributed by atoms with Crippen molar-refractivity contribution in [1.29, 1.82) is 0 Å². The maximum Gasteiger partial charge on any atom is 0.142 e. The van der Waals surface area contributed by atoms with Crippen molar-refractivity contribution < 1.29 is 9.84 Å². The van der Waals surface area contributed by atoms with Gasteiger partial charge in [0.05, 0.1) is 16.1 Å². The molecule has 5 heteroatoms. The van der Waals surface area contributed by atoms with Crippen molar-refractivity contribution in [2.24, 2.45) is 0 Å². The number of nitrogens with zero attached hydrogens (tertiary/aromatic N) is 1. The fourth-order valence-electron chi connectivity index (χ4n) is 1.82. The smallest absolute Gasteiger partial charge is 0.142 e. The Morgan fingerprint density at radius 1 is 1.15 bits per heavy atom. The molecular formula is C15H12N2O2S. The Morgan fingerprint density at radius 2 is 2.00 bits per heavy atom. The number of phenolic OH excluding ortho intramolecular Hbond substituents is 1. The van der Waals surface area contributed by atoms with E-state index in [0.29, 0.717) is 17.2 Å². The third kappa shape index (κ3) is 2.44. The molecule has 0 unspecified atom stereocenters.